The lowest BCUT2D eigenvalue weighted by Gasteiger charge is -2.12. The summed E-state index contributed by atoms with van der Waals surface area (Å²) in [6, 6.07) is 4.04. The van der Waals surface area contributed by atoms with Gasteiger partial charge in [0.05, 0.1) is 16.7 Å². The van der Waals surface area contributed by atoms with Crippen molar-refractivity contribution in [3.05, 3.63) is 59.7 Å². The molecule has 0 aromatic heterocycles. The van der Waals surface area contributed by atoms with Crippen LogP contribution in [0.2, 0.25) is 0 Å². The van der Waals surface area contributed by atoms with Crippen molar-refractivity contribution >= 4 is 23.8 Å². The normalized spacial score (nSPS) is 12.6. The van der Waals surface area contributed by atoms with E-state index in [4.69, 9.17) is 9.47 Å². The molecular weight excluding hydrogens is 326 g/mol. The fourth-order valence-corrected chi connectivity index (χ4v) is 2.16. The van der Waals surface area contributed by atoms with Crippen molar-refractivity contribution in [2.24, 2.45) is 0 Å². The van der Waals surface area contributed by atoms with Crippen LogP contribution < -0.4 is 0 Å². The zero-order valence-corrected chi connectivity index (χ0v) is 13.7. The van der Waals surface area contributed by atoms with Gasteiger partial charge in [-0.25, -0.2) is 4.79 Å². The van der Waals surface area contributed by atoms with Gasteiger partial charge in [-0.05, 0) is 30.7 Å². The summed E-state index contributed by atoms with van der Waals surface area (Å²) in [6.07, 6.45) is 1.38. The zero-order valence-electron chi connectivity index (χ0n) is 13.7. The molecule has 0 saturated heterocycles. The Morgan fingerprint density at radius 1 is 1.16 bits per heavy atom. The molecule has 25 heavy (non-hydrogen) atoms. The van der Waals surface area contributed by atoms with Crippen molar-refractivity contribution in [2.75, 3.05) is 19.8 Å². The number of fused-ring (bicyclic) bond motifs is 1. The predicted molar refractivity (Wildman–Crippen MR) is 88.1 cm³/mol. The summed E-state index contributed by atoms with van der Waals surface area (Å²) in [5.74, 6) is -2.63. The van der Waals surface area contributed by atoms with Gasteiger partial charge in [0, 0.05) is 0 Å². The van der Waals surface area contributed by atoms with Crippen LogP contribution in [-0.2, 0) is 14.3 Å². The van der Waals surface area contributed by atoms with Gasteiger partial charge in [0.25, 0.3) is 11.8 Å². The van der Waals surface area contributed by atoms with Gasteiger partial charge in [-0.2, -0.15) is 0 Å². The molecule has 1 aliphatic heterocycles. The highest BCUT2D eigenvalue weighted by Gasteiger charge is 2.37. The third-order valence-corrected chi connectivity index (χ3v) is 3.31. The highest BCUT2D eigenvalue weighted by molar-refractivity contribution is 6.22. The van der Waals surface area contributed by atoms with Gasteiger partial charge >= 0.3 is 11.9 Å². The second kappa shape index (κ2) is 7.57. The van der Waals surface area contributed by atoms with Crippen LogP contribution in [0.4, 0.5) is 0 Å². The summed E-state index contributed by atoms with van der Waals surface area (Å²) in [6.45, 7) is 8.28. The average Bonchev–Trinajstić information content (AvgIpc) is 2.82. The summed E-state index contributed by atoms with van der Waals surface area (Å²) in [7, 11) is 0. The van der Waals surface area contributed by atoms with Crippen molar-refractivity contribution in [1.29, 1.82) is 0 Å². The lowest BCUT2D eigenvalue weighted by molar-refractivity contribution is -0.142. The summed E-state index contributed by atoms with van der Waals surface area (Å²) in [4.78, 5) is 49.0. The van der Waals surface area contributed by atoms with Gasteiger partial charge in [0.15, 0.2) is 0 Å². The van der Waals surface area contributed by atoms with Crippen LogP contribution in [0, 0.1) is 0 Å². The molecule has 0 atom stereocenters. The standard InChI is InChI=1S/C18H17NO6/c1-4-7-24-15(20)9-19-16(21)13-6-5-12(8-14(13)17(19)22)18(23)25-10-11(2)3/h4-6,8H,1-2,7,9-10H2,3H3. The maximum absolute atomic E-state index is 12.4. The van der Waals surface area contributed by atoms with E-state index in [-0.39, 0.29) is 29.9 Å². The van der Waals surface area contributed by atoms with Crippen LogP contribution in [0.15, 0.2) is 43.0 Å². The third-order valence-electron chi connectivity index (χ3n) is 3.31. The SMILES string of the molecule is C=CCOC(=O)CN1C(=O)c2ccc(C(=O)OCC(=C)C)cc2C1=O. The summed E-state index contributed by atoms with van der Waals surface area (Å²) in [5, 5.41) is 0. The quantitative estimate of drug-likeness (QED) is 0.426. The van der Waals surface area contributed by atoms with Gasteiger partial charge < -0.3 is 9.47 Å². The van der Waals surface area contributed by atoms with Crippen molar-refractivity contribution in [3.63, 3.8) is 0 Å². The third kappa shape index (κ3) is 4.00. The second-order valence-electron chi connectivity index (χ2n) is 5.46. The molecule has 2 amide bonds. The Labute approximate surface area is 144 Å². The number of imide groups is 1. The molecule has 7 nitrogen and oxygen atoms in total. The van der Waals surface area contributed by atoms with Crippen LogP contribution in [-0.4, -0.2) is 48.4 Å². The Balaban J connectivity index is 2.17. The number of esters is 2. The Morgan fingerprint density at radius 2 is 1.84 bits per heavy atom. The number of carbonyl (C=O) groups is 4. The molecule has 0 radical (unpaired) electrons. The van der Waals surface area contributed by atoms with Crippen molar-refractivity contribution in [3.8, 4) is 0 Å². The zero-order chi connectivity index (χ0) is 18.6. The van der Waals surface area contributed by atoms with E-state index in [1.54, 1.807) is 6.92 Å². The molecule has 0 aliphatic carbocycles. The van der Waals surface area contributed by atoms with E-state index in [2.05, 4.69) is 13.2 Å². The number of ether oxygens (including phenoxy) is 2. The number of rotatable bonds is 7. The fraction of sp³-hybridized carbons (Fsp3) is 0.222. The van der Waals surface area contributed by atoms with Crippen LogP contribution in [0.3, 0.4) is 0 Å². The molecule has 0 fully saturated rings. The first kappa shape index (κ1) is 18.1. The molecule has 0 spiro atoms. The van der Waals surface area contributed by atoms with Gasteiger partial charge in [-0.15, -0.1) is 0 Å². The average molecular weight is 343 g/mol. The first-order valence-corrected chi connectivity index (χ1v) is 7.43. The summed E-state index contributed by atoms with van der Waals surface area (Å²) < 4.78 is 9.79. The molecule has 1 heterocycles. The lowest BCUT2D eigenvalue weighted by atomic mass is 10.1. The van der Waals surface area contributed by atoms with Crippen LogP contribution in [0.5, 0.6) is 0 Å². The van der Waals surface area contributed by atoms with Crippen molar-refractivity contribution in [2.45, 2.75) is 6.92 Å². The minimum absolute atomic E-state index is 0.0132. The van der Waals surface area contributed by atoms with E-state index in [0.717, 1.165) is 4.90 Å². The topological polar surface area (TPSA) is 90.0 Å². The van der Waals surface area contributed by atoms with Gasteiger partial charge in [0.1, 0.15) is 19.8 Å². The molecule has 0 N–H and O–H groups in total. The van der Waals surface area contributed by atoms with Gasteiger partial charge in [-0.1, -0.05) is 19.2 Å². The smallest absolute Gasteiger partial charge is 0.338 e. The minimum atomic E-state index is -0.726. The van der Waals surface area contributed by atoms with E-state index in [9.17, 15) is 19.2 Å². The number of hydrogen-bond acceptors (Lipinski definition) is 6. The number of benzene rings is 1. The molecule has 1 aromatic carbocycles. The molecule has 2 rings (SSSR count). The molecule has 0 bridgehead atoms. The number of carbonyl (C=O) groups excluding carboxylic acids is 4. The van der Waals surface area contributed by atoms with Crippen LogP contribution >= 0.6 is 0 Å². The van der Waals surface area contributed by atoms with E-state index < -0.39 is 30.3 Å². The maximum atomic E-state index is 12.4. The van der Waals surface area contributed by atoms with E-state index in [0.29, 0.717) is 5.57 Å². The largest absolute Gasteiger partial charge is 0.460 e. The molecule has 7 heteroatoms. The molecule has 1 aromatic rings. The van der Waals surface area contributed by atoms with E-state index >= 15 is 0 Å². The Hall–Kier alpha value is -3.22. The first-order chi connectivity index (χ1) is 11.8. The van der Waals surface area contributed by atoms with E-state index in [1.807, 2.05) is 0 Å². The minimum Gasteiger partial charge on any atom is -0.460 e. The Bertz CT molecular complexity index is 780. The fourth-order valence-electron chi connectivity index (χ4n) is 2.16. The monoisotopic (exact) mass is 343 g/mol. The molecule has 130 valence electrons. The van der Waals surface area contributed by atoms with Gasteiger partial charge in [0.2, 0.25) is 0 Å². The number of nitrogens with zero attached hydrogens (tertiary/aromatic N) is 1. The van der Waals surface area contributed by atoms with E-state index in [1.165, 1.54) is 24.3 Å². The predicted octanol–water partition coefficient (Wildman–Crippen LogP) is 1.74. The molecule has 0 saturated carbocycles. The van der Waals surface area contributed by atoms with Gasteiger partial charge in [-0.3, -0.25) is 19.3 Å². The molecule has 1 aliphatic rings. The first-order valence-electron chi connectivity index (χ1n) is 7.43. The summed E-state index contributed by atoms with van der Waals surface area (Å²) in [5.41, 5.74) is 0.978. The summed E-state index contributed by atoms with van der Waals surface area (Å²) >= 11 is 0. The number of amides is 2. The van der Waals surface area contributed by atoms with Crippen LogP contribution in [0.25, 0.3) is 0 Å². The highest BCUT2D eigenvalue weighted by atomic mass is 16.5. The Kier molecular flexibility index (Phi) is 5.49. The highest BCUT2D eigenvalue weighted by Crippen LogP contribution is 2.24. The molecular formula is C18H17NO6. The lowest BCUT2D eigenvalue weighted by Crippen LogP contribution is -2.35. The van der Waals surface area contributed by atoms with Crippen LogP contribution in [0.1, 0.15) is 38.0 Å². The Morgan fingerprint density at radius 3 is 2.48 bits per heavy atom. The van der Waals surface area contributed by atoms with Crippen molar-refractivity contribution < 1.29 is 28.7 Å². The van der Waals surface area contributed by atoms with Crippen molar-refractivity contribution in [1.82, 2.24) is 4.90 Å². The second-order valence-corrected chi connectivity index (χ2v) is 5.46. The molecule has 0 unspecified atom stereocenters. The maximum Gasteiger partial charge on any atom is 0.338 e. The number of hydrogen-bond donors (Lipinski definition) is 0.